The van der Waals surface area contributed by atoms with E-state index in [0.717, 1.165) is 0 Å². The minimum absolute atomic E-state index is 0.0171. The molecule has 0 bridgehead atoms. The zero-order chi connectivity index (χ0) is 29.8. The Morgan fingerprint density at radius 2 is 1.65 bits per heavy atom. The standard InChI is InChI=1S/C28H41N5O7/c1-17(2)21-14-24(36)33(27(21)38)13-7-5-6-8-22(34)32-25(18(3)4)26(37)30-15-23(35)31-20-11-9-19(10-12-20)16-40-28(29)39/h9-12,14,17-18,25,36,38H,5-8,13,15-16H2,1-4H3,(H2,29,39)(H,30,37)(H,31,35)(H,32,34). The van der Waals surface area contributed by atoms with Gasteiger partial charge in [-0.25, -0.2) is 4.79 Å². The average molecular weight is 560 g/mol. The molecule has 0 radical (unpaired) electrons. The molecule has 4 amide bonds. The lowest BCUT2D eigenvalue weighted by molar-refractivity contribution is -0.130. The maximum Gasteiger partial charge on any atom is 0.404 e. The number of benzene rings is 1. The molecule has 220 valence electrons. The highest BCUT2D eigenvalue weighted by Crippen LogP contribution is 2.33. The molecule has 0 fully saturated rings. The maximum absolute atomic E-state index is 12.7. The van der Waals surface area contributed by atoms with Crippen LogP contribution < -0.4 is 21.7 Å². The Kier molecular flexibility index (Phi) is 12.3. The number of carbonyl (C=O) groups excluding carboxylic acids is 4. The van der Waals surface area contributed by atoms with Crippen LogP contribution in [0.15, 0.2) is 30.3 Å². The highest BCUT2D eigenvalue weighted by molar-refractivity contribution is 5.96. The van der Waals surface area contributed by atoms with Gasteiger partial charge >= 0.3 is 6.09 Å². The van der Waals surface area contributed by atoms with Crippen molar-refractivity contribution in [1.29, 1.82) is 0 Å². The molecule has 0 aliphatic heterocycles. The number of unbranched alkanes of at least 4 members (excludes halogenated alkanes) is 2. The summed E-state index contributed by atoms with van der Waals surface area (Å²) in [4.78, 5) is 48.1. The maximum atomic E-state index is 12.7. The SMILES string of the molecule is CC(C)c1cc(O)n(CCCCCC(=O)NC(C(=O)NCC(=O)Nc2ccc(COC(N)=O)cc2)C(C)C)c1O. The van der Waals surface area contributed by atoms with Crippen molar-refractivity contribution in [2.45, 2.75) is 78.5 Å². The second-order valence-electron chi connectivity index (χ2n) is 10.3. The quantitative estimate of drug-likeness (QED) is 0.181. The first-order valence-corrected chi connectivity index (χ1v) is 13.4. The van der Waals surface area contributed by atoms with E-state index in [-0.39, 0.29) is 49.1 Å². The molecule has 0 saturated heterocycles. The van der Waals surface area contributed by atoms with Crippen LogP contribution in [-0.2, 0) is 32.3 Å². The van der Waals surface area contributed by atoms with Gasteiger partial charge in [-0.1, -0.05) is 46.2 Å². The van der Waals surface area contributed by atoms with Crippen LogP contribution in [0.25, 0.3) is 0 Å². The van der Waals surface area contributed by atoms with Crippen LogP contribution in [0.1, 0.15) is 70.4 Å². The Morgan fingerprint density at radius 1 is 0.975 bits per heavy atom. The second kappa shape index (κ2) is 15.4. The van der Waals surface area contributed by atoms with Crippen molar-refractivity contribution in [2.24, 2.45) is 11.7 Å². The first-order valence-electron chi connectivity index (χ1n) is 13.4. The summed E-state index contributed by atoms with van der Waals surface area (Å²) in [5.41, 5.74) is 6.82. The molecular formula is C28H41N5O7. The zero-order valence-corrected chi connectivity index (χ0v) is 23.5. The van der Waals surface area contributed by atoms with E-state index < -0.39 is 23.9 Å². The average Bonchev–Trinajstić information content (AvgIpc) is 3.18. The number of hydrogen-bond acceptors (Lipinski definition) is 7. The van der Waals surface area contributed by atoms with Crippen molar-refractivity contribution in [2.75, 3.05) is 11.9 Å². The predicted octanol–water partition coefficient (Wildman–Crippen LogP) is 3.07. The first-order chi connectivity index (χ1) is 18.9. The molecule has 1 unspecified atom stereocenters. The van der Waals surface area contributed by atoms with Crippen LogP contribution in [0.2, 0.25) is 0 Å². The highest BCUT2D eigenvalue weighted by Gasteiger charge is 2.24. The molecule has 12 heteroatoms. The molecule has 0 saturated carbocycles. The second-order valence-corrected chi connectivity index (χ2v) is 10.3. The van der Waals surface area contributed by atoms with Crippen molar-refractivity contribution in [3.63, 3.8) is 0 Å². The molecule has 0 aliphatic rings. The van der Waals surface area contributed by atoms with E-state index in [2.05, 4.69) is 16.0 Å². The molecule has 2 aromatic rings. The largest absolute Gasteiger partial charge is 0.494 e. The number of hydrogen-bond donors (Lipinski definition) is 6. The lowest BCUT2D eigenvalue weighted by Crippen LogP contribution is -2.51. The number of aromatic hydroxyl groups is 2. The summed E-state index contributed by atoms with van der Waals surface area (Å²) in [6, 6.07) is 7.36. The number of rotatable bonds is 15. The Hall–Kier alpha value is -4.22. The van der Waals surface area contributed by atoms with Crippen LogP contribution >= 0.6 is 0 Å². The van der Waals surface area contributed by atoms with Crippen LogP contribution in [0, 0.1) is 5.92 Å². The van der Waals surface area contributed by atoms with Crippen LogP contribution in [0.4, 0.5) is 10.5 Å². The van der Waals surface area contributed by atoms with Crippen LogP contribution in [0.5, 0.6) is 11.8 Å². The number of ether oxygens (including phenoxy) is 1. The van der Waals surface area contributed by atoms with Crippen LogP contribution in [0.3, 0.4) is 0 Å². The minimum Gasteiger partial charge on any atom is -0.494 e. The Labute approximate surface area is 234 Å². The van der Waals surface area contributed by atoms with Gasteiger partial charge in [0, 0.05) is 30.3 Å². The fourth-order valence-corrected chi connectivity index (χ4v) is 4.03. The summed E-state index contributed by atoms with van der Waals surface area (Å²) in [6.07, 6.45) is 1.27. The monoisotopic (exact) mass is 559 g/mol. The molecule has 7 N–H and O–H groups in total. The van der Waals surface area contributed by atoms with Gasteiger partial charge < -0.3 is 36.6 Å². The van der Waals surface area contributed by atoms with Gasteiger partial charge in [-0.05, 0) is 42.4 Å². The Bertz CT molecular complexity index is 1160. The molecule has 1 atom stereocenters. The fraction of sp³-hybridized carbons (Fsp3) is 0.500. The third kappa shape index (κ3) is 10.2. The third-order valence-electron chi connectivity index (χ3n) is 6.29. The van der Waals surface area contributed by atoms with Gasteiger partial charge in [-0.2, -0.15) is 0 Å². The lowest BCUT2D eigenvalue weighted by atomic mass is 10.0. The van der Waals surface area contributed by atoms with Gasteiger partial charge in [0.05, 0.1) is 6.54 Å². The fourth-order valence-electron chi connectivity index (χ4n) is 4.03. The van der Waals surface area contributed by atoms with Crippen molar-refractivity contribution < 1.29 is 34.1 Å². The van der Waals surface area contributed by atoms with E-state index >= 15 is 0 Å². The van der Waals surface area contributed by atoms with Gasteiger partial charge in [-0.3, -0.25) is 19.0 Å². The zero-order valence-electron chi connectivity index (χ0n) is 23.5. The Balaban J connectivity index is 1.73. The van der Waals surface area contributed by atoms with Gasteiger partial charge in [0.1, 0.15) is 12.6 Å². The molecule has 12 nitrogen and oxygen atoms in total. The number of anilines is 1. The van der Waals surface area contributed by atoms with Gasteiger partial charge in [0.2, 0.25) is 17.7 Å². The predicted molar refractivity (Wildman–Crippen MR) is 150 cm³/mol. The van der Waals surface area contributed by atoms with E-state index in [4.69, 9.17) is 10.5 Å². The number of primary amides is 1. The topological polar surface area (TPSA) is 185 Å². The molecule has 1 heterocycles. The molecule has 40 heavy (non-hydrogen) atoms. The van der Waals surface area contributed by atoms with E-state index in [9.17, 15) is 29.4 Å². The van der Waals surface area contributed by atoms with E-state index in [0.29, 0.717) is 42.6 Å². The molecule has 2 rings (SSSR count). The summed E-state index contributed by atoms with van der Waals surface area (Å²) in [6.45, 7) is 7.64. The summed E-state index contributed by atoms with van der Waals surface area (Å²) in [5, 5.41) is 28.3. The highest BCUT2D eigenvalue weighted by atomic mass is 16.5. The van der Waals surface area contributed by atoms with Gasteiger partial charge in [-0.15, -0.1) is 0 Å². The molecule has 1 aromatic heterocycles. The number of nitrogens with zero attached hydrogens (tertiary/aromatic N) is 1. The van der Waals surface area contributed by atoms with E-state index in [1.807, 2.05) is 13.8 Å². The number of aromatic nitrogens is 1. The van der Waals surface area contributed by atoms with Crippen LogP contribution in [-0.4, -0.2) is 51.2 Å². The van der Waals surface area contributed by atoms with Crippen molar-refractivity contribution in [3.8, 4) is 11.8 Å². The molecule has 0 spiro atoms. The van der Waals surface area contributed by atoms with Crippen molar-refractivity contribution in [1.82, 2.24) is 15.2 Å². The lowest BCUT2D eigenvalue weighted by Gasteiger charge is -2.21. The number of carbonyl (C=O) groups is 4. The first kappa shape index (κ1) is 32.0. The summed E-state index contributed by atoms with van der Waals surface area (Å²) in [5.74, 6) is -1.20. The summed E-state index contributed by atoms with van der Waals surface area (Å²) in [7, 11) is 0. The van der Waals surface area contributed by atoms with E-state index in [1.54, 1.807) is 44.2 Å². The smallest absolute Gasteiger partial charge is 0.404 e. The third-order valence-corrected chi connectivity index (χ3v) is 6.29. The van der Waals surface area contributed by atoms with Gasteiger partial charge in [0.15, 0.2) is 11.8 Å². The summed E-state index contributed by atoms with van der Waals surface area (Å²) < 4.78 is 6.16. The summed E-state index contributed by atoms with van der Waals surface area (Å²) >= 11 is 0. The van der Waals surface area contributed by atoms with Crippen molar-refractivity contribution >= 4 is 29.5 Å². The molecule has 1 aromatic carbocycles. The molecule has 0 aliphatic carbocycles. The number of nitrogens with one attached hydrogen (secondary N) is 3. The minimum atomic E-state index is -0.878. The number of nitrogens with two attached hydrogens (primary N) is 1. The molecular weight excluding hydrogens is 518 g/mol. The normalized spacial score (nSPS) is 11.8. The van der Waals surface area contributed by atoms with E-state index in [1.165, 1.54) is 4.57 Å². The van der Waals surface area contributed by atoms with Gasteiger partial charge in [0.25, 0.3) is 0 Å². The Morgan fingerprint density at radius 3 is 2.23 bits per heavy atom. The van der Waals surface area contributed by atoms with Crippen molar-refractivity contribution in [3.05, 3.63) is 41.5 Å². The number of amides is 4.